The molecule has 1 rings (SSSR count). The molecule has 0 aliphatic heterocycles. The molecule has 0 aliphatic rings. The van der Waals surface area contributed by atoms with E-state index in [-0.39, 0.29) is 11.3 Å². The number of nitrogens with two attached hydrogens (primary N) is 1. The maximum absolute atomic E-state index is 12.2. The molecule has 0 unspecified atom stereocenters. The molecule has 1 heterocycles. The van der Waals surface area contributed by atoms with Crippen LogP contribution in [0.4, 0.5) is 4.79 Å². The fraction of sp³-hybridized carbons (Fsp3) is 0.571. The largest absolute Gasteiger partial charge is 0.456 e. The van der Waals surface area contributed by atoms with Gasteiger partial charge in [-0.2, -0.15) is 9.78 Å². The first-order valence-electron chi connectivity index (χ1n) is 6.66. The zero-order valence-electron chi connectivity index (χ0n) is 13.6. The average Bonchev–Trinajstić information content (AvgIpc) is 2.68. The van der Waals surface area contributed by atoms with Gasteiger partial charge in [-0.05, 0) is 41.5 Å². The van der Waals surface area contributed by atoms with Crippen LogP contribution in [0, 0.1) is 0 Å². The van der Waals surface area contributed by atoms with Crippen molar-refractivity contribution in [3.8, 4) is 0 Å². The number of aromatic nitrogens is 2. The van der Waals surface area contributed by atoms with E-state index in [0.29, 0.717) is 4.68 Å². The lowest BCUT2D eigenvalue weighted by atomic mass is 10.1. The minimum atomic E-state index is -0.931. The summed E-state index contributed by atoms with van der Waals surface area (Å²) in [7, 11) is 0. The van der Waals surface area contributed by atoms with Crippen molar-refractivity contribution in [1.82, 2.24) is 9.78 Å². The van der Waals surface area contributed by atoms with Crippen LogP contribution < -0.4 is 5.73 Å². The Balaban J connectivity index is 3.23. The van der Waals surface area contributed by atoms with Crippen LogP contribution in [0.3, 0.4) is 0 Å². The van der Waals surface area contributed by atoms with Gasteiger partial charge in [-0.3, -0.25) is 0 Å². The molecule has 0 saturated carbocycles. The number of hydrogen-bond acceptors (Lipinski definition) is 6. The summed E-state index contributed by atoms with van der Waals surface area (Å²) in [4.78, 5) is 35.5. The van der Waals surface area contributed by atoms with Crippen LogP contribution in [0.15, 0.2) is 6.20 Å². The second kappa shape index (κ2) is 5.78. The van der Waals surface area contributed by atoms with Gasteiger partial charge < -0.3 is 15.2 Å². The highest BCUT2D eigenvalue weighted by molar-refractivity contribution is 6.02. The third kappa shape index (κ3) is 4.87. The summed E-state index contributed by atoms with van der Waals surface area (Å²) in [5.74, 6) is -1.63. The summed E-state index contributed by atoms with van der Waals surface area (Å²) < 4.78 is 11.0. The van der Waals surface area contributed by atoms with Gasteiger partial charge in [0.2, 0.25) is 0 Å². The number of carbonyl (C=O) groups is 3. The van der Waals surface area contributed by atoms with Crippen LogP contribution >= 0.6 is 0 Å². The normalized spacial score (nSPS) is 11.9. The number of primary amides is 1. The fourth-order valence-electron chi connectivity index (χ4n) is 1.45. The maximum Gasteiger partial charge on any atom is 0.360 e. The number of nitrogens with zero attached hydrogens (tertiary/aromatic N) is 2. The Morgan fingerprint density at radius 2 is 1.45 bits per heavy atom. The number of rotatable bonds is 2. The molecule has 0 aromatic carbocycles. The molecule has 0 spiro atoms. The molecule has 0 radical (unpaired) electrons. The molecule has 0 saturated heterocycles. The second-order valence-corrected chi connectivity index (χ2v) is 6.68. The van der Waals surface area contributed by atoms with E-state index in [9.17, 15) is 14.4 Å². The quantitative estimate of drug-likeness (QED) is 0.832. The van der Waals surface area contributed by atoms with E-state index in [1.807, 2.05) is 0 Å². The molecular weight excluding hydrogens is 290 g/mol. The predicted molar refractivity (Wildman–Crippen MR) is 77.5 cm³/mol. The zero-order valence-corrected chi connectivity index (χ0v) is 13.6. The van der Waals surface area contributed by atoms with Gasteiger partial charge in [-0.15, -0.1) is 0 Å². The molecule has 1 aromatic rings. The van der Waals surface area contributed by atoms with Crippen LogP contribution in [0.2, 0.25) is 0 Å². The minimum Gasteiger partial charge on any atom is -0.456 e. The first-order valence-corrected chi connectivity index (χ1v) is 6.66. The Hall–Kier alpha value is -2.38. The van der Waals surface area contributed by atoms with E-state index in [1.54, 1.807) is 41.5 Å². The first-order chi connectivity index (χ1) is 9.80. The summed E-state index contributed by atoms with van der Waals surface area (Å²) in [5, 5.41) is 3.71. The molecule has 0 aliphatic carbocycles. The third-order valence-corrected chi connectivity index (χ3v) is 2.15. The topological polar surface area (TPSA) is 114 Å². The van der Waals surface area contributed by atoms with Crippen molar-refractivity contribution in [2.75, 3.05) is 0 Å². The molecule has 122 valence electrons. The van der Waals surface area contributed by atoms with Gasteiger partial charge in [0.15, 0.2) is 5.69 Å². The molecule has 0 bridgehead atoms. The number of hydrogen-bond donors (Lipinski definition) is 1. The van der Waals surface area contributed by atoms with Crippen molar-refractivity contribution in [3.05, 3.63) is 17.5 Å². The summed E-state index contributed by atoms with van der Waals surface area (Å²) in [5.41, 5.74) is 3.07. The highest BCUT2D eigenvalue weighted by Gasteiger charge is 2.30. The SMILES string of the molecule is CC(C)(C)OC(=O)c1cn(C(N)=O)nc1C(=O)OC(C)(C)C. The van der Waals surface area contributed by atoms with E-state index in [0.717, 1.165) is 6.20 Å². The molecule has 0 fully saturated rings. The van der Waals surface area contributed by atoms with Gasteiger partial charge in [0.05, 0.1) is 6.20 Å². The monoisotopic (exact) mass is 311 g/mol. The van der Waals surface area contributed by atoms with Crippen LogP contribution in [0.25, 0.3) is 0 Å². The highest BCUT2D eigenvalue weighted by Crippen LogP contribution is 2.18. The molecule has 8 nitrogen and oxygen atoms in total. The lowest BCUT2D eigenvalue weighted by molar-refractivity contribution is 0.00153. The van der Waals surface area contributed by atoms with E-state index < -0.39 is 29.2 Å². The van der Waals surface area contributed by atoms with Crippen LogP contribution in [-0.2, 0) is 9.47 Å². The fourth-order valence-corrected chi connectivity index (χ4v) is 1.45. The molecule has 2 N–H and O–H groups in total. The summed E-state index contributed by atoms with van der Waals surface area (Å²) >= 11 is 0. The predicted octanol–water partition coefficient (Wildman–Crippen LogP) is 1.72. The second-order valence-electron chi connectivity index (χ2n) is 6.68. The zero-order chi connectivity index (χ0) is 17.3. The van der Waals surface area contributed by atoms with Crippen molar-refractivity contribution < 1.29 is 23.9 Å². The van der Waals surface area contributed by atoms with Crippen molar-refractivity contribution >= 4 is 18.0 Å². The van der Waals surface area contributed by atoms with Crippen molar-refractivity contribution in [2.45, 2.75) is 52.7 Å². The standard InChI is InChI=1S/C14H21N3O5/c1-13(2,3)21-10(18)8-7-17(12(15)20)16-9(8)11(19)22-14(4,5)6/h7H,1-6H3,(H2,15,20). The van der Waals surface area contributed by atoms with E-state index in [4.69, 9.17) is 15.2 Å². The van der Waals surface area contributed by atoms with Gasteiger partial charge in [-0.25, -0.2) is 14.4 Å². The molecule has 8 heteroatoms. The number of carbonyl (C=O) groups excluding carboxylic acids is 3. The molecule has 22 heavy (non-hydrogen) atoms. The van der Waals surface area contributed by atoms with E-state index in [1.165, 1.54) is 0 Å². The average molecular weight is 311 g/mol. The Bertz CT molecular complexity index is 559. The van der Waals surface area contributed by atoms with Crippen molar-refractivity contribution in [1.29, 1.82) is 0 Å². The summed E-state index contributed by atoms with van der Waals surface area (Å²) in [6.07, 6.45) is 1.05. The van der Waals surface area contributed by atoms with Gasteiger partial charge in [-0.1, -0.05) is 0 Å². The minimum absolute atomic E-state index is 0.178. The van der Waals surface area contributed by atoms with Gasteiger partial charge in [0, 0.05) is 0 Å². The summed E-state index contributed by atoms with van der Waals surface area (Å²) in [6, 6.07) is -0.931. The van der Waals surface area contributed by atoms with Crippen LogP contribution in [0.1, 0.15) is 62.4 Å². The smallest absolute Gasteiger partial charge is 0.360 e. The lowest BCUT2D eigenvalue weighted by Crippen LogP contribution is -2.27. The molecule has 1 amide bonds. The van der Waals surface area contributed by atoms with Crippen LogP contribution in [0.5, 0.6) is 0 Å². The Morgan fingerprint density at radius 1 is 1.00 bits per heavy atom. The maximum atomic E-state index is 12.2. The van der Waals surface area contributed by atoms with Gasteiger partial charge in [0.1, 0.15) is 16.8 Å². The Kier molecular flexibility index (Phi) is 4.64. The summed E-state index contributed by atoms with van der Waals surface area (Å²) in [6.45, 7) is 10.0. The van der Waals surface area contributed by atoms with E-state index >= 15 is 0 Å². The Labute approximate surface area is 128 Å². The first kappa shape index (κ1) is 17.7. The van der Waals surface area contributed by atoms with Gasteiger partial charge in [0.25, 0.3) is 0 Å². The molecule has 1 aromatic heterocycles. The molecule has 0 atom stereocenters. The van der Waals surface area contributed by atoms with Crippen molar-refractivity contribution in [3.63, 3.8) is 0 Å². The highest BCUT2D eigenvalue weighted by atomic mass is 16.6. The number of ether oxygens (including phenoxy) is 2. The Morgan fingerprint density at radius 3 is 1.86 bits per heavy atom. The third-order valence-electron chi connectivity index (χ3n) is 2.15. The van der Waals surface area contributed by atoms with Crippen LogP contribution in [-0.4, -0.2) is 39.0 Å². The van der Waals surface area contributed by atoms with E-state index in [2.05, 4.69) is 5.10 Å². The van der Waals surface area contributed by atoms with Gasteiger partial charge >= 0.3 is 18.0 Å². The number of amides is 1. The molecular formula is C14H21N3O5. The number of esters is 2. The van der Waals surface area contributed by atoms with Crippen molar-refractivity contribution in [2.24, 2.45) is 5.73 Å². The lowest BCUT2D eigenvalue weighted by Gasteiger charge is -2.20.